The predicted octanol–water partition coefficient (Wildman–Crippen LogP) is -11.2. The first-order valence-corrected chi connectivity index (χ1v) is 6.35. The zero-order valence-corrected chi connectivity index (χ0v) is 17.9. The van der Waals surface area contributed by atoms with Crippen LogP contribution in [0.3, 0.4) is 0 Å². The molecule has 14 heteroatoms. The second kappa shape index (κ2) is 12.0. The minimum Gasteiger partial charge on any atom is -0.870 e. The largest absolute Gasteiger partial charge is 1.00 e. The molecule has 0 saturated carbocycles. The number of hydrogen-bond acceptors (Lipinski definition) is 12. The van der Waals surface area contributed by atoms with Gasteiger partial charge >= 0.3 is 71.1 Å². The van der Waals surface area contributed by atoms with Gasteiger partial charge in [-0.2, -0.15) is 0 Å². The summed E-state index contributed by atoms with van der Waals surface area (Å²) in [6.07, 6.45) is -5.90. The minimum atomic E-state index is -1.48. The fourth-order valence-corrected chi connectivity index (χ4v) is 1.62. The summed E-state index contributed by atoms with van der Waals surface area (Å²) in [5.74, 6) is -6.40. The average molecular weight is 396 g/mol. The summed E-state index contributed by atoms with van der Waals surface area (Å²) in [6, 6.07) is 0. The Labute approximate surface area is 190 Å². The van der Waals surface area contributed by atoms with E-state index in [1.165, 1.54) is 0 Å². The van der Waals surface area contributed by atoms with Crippen LogP contribution in [0.4, 0.5) is 0 Å². The minimum absolute atomic E-state index is 0. The standard InChI is InChI=1S/2C6H8O6.2Na/c2*7-1-2(8)5-3(9)4(10)6(11)12-5;;/h2*2,5,7-10H,1H2;;/q;;2*+1/p-2/t2*2?,5-;;/m11../s1. The van der Waals surface area contributed by atoms with Crippen LogP contribution in [0.1, 0.15) is 0 Å². The van der Waals surface area contributed by atoms with Crippen LogP contribution in [0.2, 0.25) is 0 Å². The second-order valence-electron chi connectivity index (χ2n) is 4.58. The van der Waals surface area contributed by atoms with Gasteiger partial charge in [0.25, 0.3) is 0 Å². The van der Waals surface area contributed by atoms with Crippen molar-refractivity contribution < 1.29 is 119 Å². The molecule has 0 amide bonds. The summed E-state index contributed by atoms with van der Waals surface area (Å²) in [7, 11) is 0. The molecule has 0 aromatic rings. The molecule has 0 fully saturated rings. The van der Waals surface area contributed by atoms with Crippen molar-refractivity contribution in [2.24, 2.45) is 0 Å². The summed E-state index contributed by atoms with van der Waals surface area (Å²) in [4.78, 5) is 21.0. The Bertz CT molecular complexity index is 525. The molecular formula is C12H14Na2O12. The SMILES string of the molecule is O=C1O[C@H](C(O)CO)C([O-])=C1O.O=C1O[C@H](C(O)CO)C([O-])=C1O.[Na+].[Na+]. The fraction of sp³-hybridized carbons (Fsp3) is 0.500. The monoisotopic (exact) mass is 396 g/mol. The molecule has 6 N–H and O–H groups in total. The third-order valence-electron chi connectivity index (χ3n) is 2.91. The molecule has 2 unspecified atom stereocenters. The Morgan fingerprint density at radius 2 is 1.08 bits per heavy atom. The maximum absolute atomic E-state index is 10.8. The molecule has 136 valence electrons. The third-order valence-corrected chi connectivity index (χ3v) is 2.91. The Morgan fingerprint density at radius 3 is 1.23 bits per heavy atom. The average Bonchev–Trinajstić information content (AvgIpc) is 2.98. The van der Waals surface area contributed by atoms with Gasteiger partial charge in [-0.25, -0.2) is 9.59 Å². The molecule has 2 rings (SSSR count). The first kappa shape index (κ1) is 27.7. The Morgan fingerprint density at radius 1 is 0.808 bits per heavy atom. The van der Waals surface area contributed by atoms with Gasteiger partial charge in [0.1, 0.15) is 24.4 Å². The number of aliphatic hydroxyl groups excluding tert-OH is 6. The molecule has 0 spiro atoms. The van der Waals surface area contributed by atoms with E-state index in [2.05, 4.69) is 9.47 Å². The van der Waals surface area contributed by atoms with Gasteiger partial charge in [-0.1, -0.05) is 0 Å². The van der Waals surface area contributed by atoms with Crippen LogP contribution in [0, 0.1) is 0 Å². The molecule has 0 aromatic heterocycles. The van der Waals surface area contributed by atoms with Crippen LogP contribution < -0.4 is 69.3 Å². The van der Waals surface area contributed by atoms with E-state index in [0.29, 0.717) is 0 Å². The smallest absolute Gasteiger partial charge is 0.870 e. The van der Waals surface area contributed by atoms with Gasteiger partial charge in [-0.05, 0) is 11.5 Å². The van der Waals surface area contributed by atoms with Crippen molar-refractivity contribution in [3.05, 3.63) is 23.0 Å². The van der Waals surface area contributed by atoms with Crippen LogP contribution in [-0.4, -0.2) is 80.2 Å². The van der Waals surface area contributed by atoms with Crippen molar-refractivity contribution >= 4 is 11.9 Å². The second-order valence-corrected chi connectivity index (χ2v) is 4.58. The summed E-state index contributed by atoms with van der Waals surface area (Å²) in [5, 5.41) is 73.6. The Kier molecular flexibility index (Phi) is 12.8. The fourth-order valence-electron chi connectivity index (χ4n) is 1.62. The molecular weight excluding hydrogens is 382 g/mol. The van der Waals surface area contributed by atoms with Crippen molar-refractivity contribution in [2.75, 3.05) is 13.2 Å². The van der Waals surface area contributed by atoms with E-state index >= 15 is 0 Å². The number of aliphatic hydroxyl groups is 6. The van der Waals surface area contributed by atoms with Crippen molar-refractivity contribution in [1.29, 1.82) is 0 Å². The van der Waals surface area contributed by atoms with Gasteiger partial charge in [0.05, 0.1) is 13.2 Å². The summed E-state index contributed by atoms with van der Waals surface area (Å²) in [5.41, 5.74) is 0. The van der Waals surface area contributed by atoms with Crippen LogP contribution in [-0.2, 0) is 19.1 Å². The van der Waals surface area contributed by atoms with E-state index in [4.69, 9.17) is 30.6 Å². The quantitative estimate of drug-likeness (QED) is 0.193. The van der Waals surface area contributed by atoms with Gasteiger partial charge in [-0.15, -0.1) is 0 Å². The van der Waals surface area contributed by atoms with E-state index in [1.807, 2.05) is 0 Å². The van der Waals surface area contributed by atoms with Crippen LogP contribution in [0.5, 0.6) is 0 Å². The molecule has 0 radical (unpaired) electrons. The van der Waals surface area contributed by atoms with Gasteiger partial charge in [-0.3, -0.25) is 0 Å². The molecule has 2 aliphatic rings. The number of esters is 2. The molecule has 2 aliphatic heterocycles. The maximum atomic E-state index is 10.8. The summed E-state index contributed by atoms with van der Waals surface area (Å²) < 4.78 is 8.51. The van der Waals surface area contributed by atoms with Crippen LogP contribution in [0.25, 0.3) is 0 Å². The van der Waals surface area contributed by atoms with Crippen molar-refractivity contribution in [3.8, 4) is 0 Å². The molecule has 4 atom stereocenters. The first-order chi connectivity index (χ1) is 11.1. The molecule has 12 nitrogen and oxygen atoms in total. The van der Waals surface area contributed by atoms with Gasteiger partial charge < -0.3 is 50.3 Å². The number of rotatable bonds is 4. The predicted molar refractivity (Wildman–Crippen MR) is 65.3 cm³/mol. The van der Waals surface area contributed by atoms with Crippen molar-refractivity contribution in [3.63, 3.8) is 0 Å². The van der Waals surface area contributed by atoms with Crippen LogP contribution >= 0.6 is 0 Å². The van der Waals surface area contributed by atoms with Crippen molar-refractivity contribution in [2.45, 2.75) is 24.4 Å². The molecule has 2 heterocycles. The number of carbonyl (C=O) groups excluding carboxylic acids is 2. The normalized spacial score (nSPS) is 23.8. The van der Waals surface area contributed by atoms with Gasteiger partial charge in [0.15, 0.2) is 11.5 Å². The molecule has 0 bridgehead atoms. The van der Waals surface area contributed by atoms with Crippen LogP contribution in [0.15, 0.2) is 23.0 Å². The zero-order valence-electron chi connectivity index (χ0n) is 13.9. The van der Waals surface area contributed by atoms with Gasteiger partial charge in [0.2, 0.25) is 0 Å². The number of ether oxygens (including phenoxy) is 2. The Hall–Kier alpha value is -0.540. The molecule has 26 heavy (non-hydrogen) atoms. The molecule has 0 saturated heterocycles. The van der Waals surface area contributed by atoms with E-state index in [0.717, 1.165) is 0 Å². The maximum Gasteiger partial charge on any atom is 1.00 e. The number of cyclic esters (lactones) is 2. The van der Waals surface area contributed by atoms with Gasteiger partial charge in [0, 0.05) is 0 Å². The Balaban J connectivity index is 0. The topological polar surface area (TPSA) is 220 Å². The van der Waals surface area contributed by atoms with E-state index < -0.39 is 72.6 Å². The van der Waals surface area contributed by atoms with E-state index in [9.17, 15) is 19.8 Å². The first-order valence-electron chi connectivity index (χ1n) is 6.35. The summed E-state index contributed by atoms with van der Waals surface area (Å²) in [6.45, 7) is -1.42. The zero-order chi connectivity index (χ0) is 18.6. The third kappa shape index (κ3) is 6.27. The van der Waals surface area contributed by atoms with E-state index in [-0.39, 0.29) is 59.1 Å². The molecule has 0 aliphatic carbocycles. The molecule has 0 aromatic carbocycles. The van der Waals surface area contributed by atoms with Crippen molar-refractivity contribution in [1.82, 2.24) is 0 Å². The van der Waals surface area contributed by atoms with E-state index in [1.54, 1.807) is 0 Å². The summed E-state index contributed by atoms with van der Waals surface area (Å²) >= 11 is 0. The number of carbonyl (C=O) groups is 2. The number of hydrogen-bond donors (Lipinski definition) is 6.